The van der Waals surface area contributed by atoms with E-state index in [-0.39, 0.29) is 17.8 Å². The van der Waals surface area contributed by atoms with Crippen LogP contribution in [0.1, 0.15) is 37.5 Å². The van der Waals surface area contributed by atoms with Gasteiger partial charge >= 0.3 is 5.97 Å². The van der Waals surface area contributed by atoms with Crippen molar-refractivity contribution in [2.75, 3.05) is 26.4 Å². The number of carbonyl (C=O) groups excluding carboxylic acids is 1. The molecule has 1 heterocycles. The maximum atomic E-state index is 12.7. The van der Waals surface area contributed by atoms with Crippen molar-refractivity contribution in [2.24, 2.45) is 11.8 Å². The normalized spacial score (nSPS) is 16.8. The molecule has 0 amide bonds. The smallest absolute Gasteiger partial charge is 0.309 e. The van der Waals surface area contributed by atoms with Gasteiger partial charge in [-0.25, -0.2) is 0 Å². The summed E-state index contributed by atoms with van der Waals surface area (Å²) in [6.07, 6.45) is 1.30. The van der Waals surface area contributed by atoms with Crippen molar-refractivity contribution in [1.29, 1.82) is 0 Å². The molecule has 2 atom stereocenters. The fraction of sp³-hybridized carbons (Fsp3) is 0.387. The maximum Gasteiger partial charge on any atom is 0.309 e. The van der Waals surface area contributed by atoms with Crippen molar-refractivity contribution < 1.29 is 28.5 Å². The van der Waals surface area contributed by atoms with Crippen molar-refractivity contribution in [3.8, 4) is 23.0 Å². The molecule has 6 nitrogen and oxygen atoms in total. The molecule has 0 aliphatic carbocycles. The highest BCUT2D eigenvalue weighted by Crippen LogP contribution is 2.35. The fourth-order valence-corrected chi connectivity index (χ4v) is 4.64. The average molecular weight is 505 g/mol. The van der Waals surface area contributed by atoms with E-state index in [9.17, 15) is 4.79 Å². The Kier molecular flexibility index (Phi) is 9.30. The minimum absolute atomic E-state index is 0.0736. The van der Waals surface area contributed by atoms with Gasteiger partial charge in [-0.3, -0.25) is 4.79 Å². The molecule has 0 radical (unpaired) electrons. The van der Waals surface area contributed by atoms with Gasteiger partial charge in [-0.15, -0.1) is 0 Å². The van der Waals surface area contributed by atoms with Crippen LogP contribution in [-0.4, -0.2) is 32.4 Å². The topological polar surface area (TPSA) is 63.2 Å². The molecule has 1 aliphatic rings. The van der Waals surface area contributed by atoms with E-state index in [2.05, 4.69) is 0 Å². The zero-order chi connectivity index (χ0) is 26.0. The number of rotatable bonds is 13. The van der Waals surface area contributed by atoms with Crippen LogP contribution >= 0.6 is 0 Å². The van der Waals surface area contributed by atoms with Crippen LogP contribution in [0.5, 0.6) is 23.0 Å². The lowest BCUT2D eigenvalue weighted by Crippen LogP contribution is -2.20. The van der Waals surface area contributed by atoms with Crippen LogP contribution in [0.3, 0.4) is 0 Å². The third kappa shape index (κ3) is 6.97. The quantitative estimate of drug-likeness (QED) is 0.265. The zero-order valence-electron chi connectivity index (χ0n) is 21.9. The molecule has 37 heavy (non-hydrogen) atoms. The summed E-state index contributed by atoms with van der Waals surface area (Å²) in [7, 11) is 0. The summed E-state index contributed by atoms with van der Waals surface area (Å²) in [5, 5.41) is 0. The van der Waals surface area contributed by atoms with Crippen LogP contribution in [0.25, 0.3) is 0 Å². The van der Waals surface area contributed by atoms with E-state index in [1.807, 2.05) is 87.5 Å². The Morgan fingerprint density at radius 1 is 0.676 bits per heavy atom. The Morgan fingerprint density at radius 2 is 1.24 bits per heavy atom. The summed E-state index contributed by atoms with van der Waals surface area (Å²) in [6, 6.07) is 22.0. The van der Waals surface area contributed by atoms with Gasteiger partial charge in [-0.1, -0.05) is 42.5 Å². The van der Waals surface area contributed by atoms with E-state index in [0.717, 1.165) is 34.6 Å². The number of carbonyl (C=O) groups is 1. The van der Waals surface area contributed by atoms with E-state index in [0.29, 0.717) is 51.0 Å². The molecule has 0 unspecified atom stereocenters. The van der Waals surface area contributed by atoms with Crippen LogP contribution < -0.4 is 18.9 Å². The molecular formula is C31H36O6. The minimum Gasteiger partial charge on any atom is -0.490 e. The van der Waals surface area contributed by atoms with Gasteiger partial charge in [-0.2, -0.15) is 0 Å². The Bertz CT molecular complexity index is 1160. The lowest BCUT2D eigenvalue weighted by molar-refractivity contribution is -0.141. The molecule has 1 aliphatic heterocycles. The molecule has 0 saturated carbocycles. The molecule has 0 bridgehead atoms. The van der Waals surface area contributed by atoms with Gasteiger partial charge in [0, 0.05) is 5.92 Å². The monoisotopic (exact) mass is 504 g/mol. The summed E-state index contributed by atoms with van der Waals surface area (Å²) in [5.41, 5.74) is 3.21. The predicted octanol–water partition coefficient (Wildman–Crippen LogP) is 6.04. The molecule has 3 aromatic rings. The Hall–Kier alpha value is -3.67. The van der Waals surface area contributed by atoms with Gasteiger partial charge in [0.1, 0.15) is 6.61 Å². The third-order valence-electron chi connectivity index (χ3n) is 6.42. The number of benzene rings is 3. The van der Waals surface area contributed by atoms with E-state index < -0.39 is 0 Å². The second kappa shape index (κ2) is 13.0. The average Bonchev–Trinajstić information content (AvgIpc) is 3.24. The fourth-order valence-electron chi connectivity index (χ4n) is 4.64. The Balaban J connectivity index is 1.46. The van der Waals surface area contributed by atoms with Gasteiger partial charge < -0.3 is 23.7 Å². The number of hydrogen-bond acceptors (Lipinski definition) is 6. The van der Waals surface area contributed by atoms with Crippen molar-refractivity contribution in [2.45, 2.75) is 40.2 Å². The summed E-state index contributed by atoms with van der Waals surface area (Å²) >= 11 is 0. The first-order valence-electron chi connectivity index (χ1n) is 13.1. The SMILES string of the molecule is CCOc1ccc(C[C@H]2COC(=O)[C@@H]2Cc2ccc(OCc3ccccc3)c(OCC)c2)cc1OCC. The van der Waals surface area contributed by atoms with E-state index in [1.54, 1.807) is 0 Å². The summed E-state index contributed by atoms with van der Waals surface area (Å²) in [5.74, 6) is 2.54. The lowest BCUT2D eigenvalue weighted by atomic mass is 9.85. The second-order valence-electron chi connectivity index (χ2n) is 9.04. The highest BCUT2D eigenvalue weighted by molar-refractivity contribution is 5.75. The van der Waals surface area contributed by atoms with Crippen LogP contribution in [0.15, 0.2) is 66.7 Å². The number of hydrogen-bond donors (Lipinski definition) is 0. The van der Waals surface area contributed by atoms with Crippen molar-refractivity contribution in [3.05, 3.63) is 83.4 Å². The minimum atomic E-state index is -0.229. The van der Waals surface area contributed by atoms with Crippen LogP contribution in [0.2, 0.25) is 0 Å². The number of ether oxygens (including phenoxy) is 5. The molecule has 0 N–H and O–H groups in total. The second-order valence-corrected chi connectivity index (χ2v) is 9.04. The van der Waals surface area contributed by atoms with Crippen LogP contribution in [0, 0.1) is 11.8 Å². The first-order chi connectivity index (χ1) is 18.1. The van der Waals surface area contributed by atoms with E-state index in [1.165, 1.54) is 0 Å². The molecule has 1 fully saturated rings. The number of esters is 1. The van der Waals surface area contributed by atoms with E-state index in [4.69, 9.17) is 23.7 Å². The molecular weight excluding hydrogens is 468 g/mol. The first-order valence-corrected chi connectivity index (χ1v) is 13.1. The lowest BCUT2D eigenvalue weighted by Gasteiger charge is -2.18. The van der Waals surface area contributed by atoms with E-state index >= 15 is 0 Å². The maximum absolute atomic E-state index is 12.7. The third-order valence-corrected chi connectivity index (χ3v) is 6.42. The standard InChI is InChI=1S/C31H36O6/c1-4-33-27-14-12-23(18-29(27)34-5-2)16-25-21-37-31(32)26(25)17-24-13-15-28(30(19-24)35-6-3)36-20-22-10-8-7-9-11-22/h7-15,18-19,25-26H,4-6,16-17,20-21H2,1-3H3/t25-,26+/m0/s1. The Morgan fingerprint density at radius 3 is 1.86 bits per heavy atom. The van der Waals surface area contributed by atoms with Crippen LogP contribution in [0.4, 0.5) is 0 Å². The molecule has 3 aromatic carbocycles. The largest absolute Gasteiger partial charge is 0.490 e. The van der Waals surface area contributed by atoms with Gasteiger partial charge in [0.2, 0.25) is 0 Å². The first kappa shape index (κ1) is 26.4. The van der Waals surface area contributed by atoms with Gasteiger partial charge in [0.05, 0.1) is 32.3 Å². The van der Waals surface area contributed by atoms with Crippen LogP contribution in [-0.2, 0) is 29.0 Å². The zero-order valence-corrected chi connectivity index (χ0v) is 21.9. The molecule has 0 aromatic heterocycles. The van der Waals surface area contributed by atoms with Gasteiger partial charge in [0.25, 0.3) is 0 Å². The van der Waals surface area contributed by atoms with Gasteiger partial charge in [-0.05, 0) is 74.6 Å². The highest BCUT2D eigenvalue weighted by Gasteiger charge is 2.37. The van der Waals surface area contributed by atoms with Crippen molar-refractivity contribution >= 4 is 5.97 Å². The number of cyclic esters (lactones) is 1. The molecule has 196 valence electrons. The molecule has 0 spiro atoms. The highest BCUT2D eigenvalue weighted by atomic mass is 16.5. The predicted molar refractivity (Wildman–Crippen MR) is 143 cm³/mol. The summed E-state index contributed by atoms with van der Waals surface area (Å²) in [4.78, 5) is 12.7. The molecule has 1 saturated heterocycles. The molecule has 6 heteroatoms. The van der Waals surface area contributed by atoms with Crippen molar-refractivity contribution in [3.63, 3.8) is 0 Å². The van der Waals surface area contributed by atoms with Gasteiger partial charge in [0.15, 0.2) is 23.0 Å². The summed E-state index contributed by atoms with van der Waals surface area (Å²) < 4.78 is 28.9. The molecule has 4 rings (SSSR count). The summed E-state index contributed by atoms with van der Waals surface area (Å²) in [6.45, 7) is 8.40. The van der Waals surface area contributed by atoms with Crippen molar-refractivity contribution in [1.82, 2.24) is 0 Å². The Labute approximate surface area is 219 Å².